The molecule has 2 aliphatic rings. The van der Waals surface area contributed by atoms with Crippen molar-refractivity contribution in [1.29, 1.82) is 0 Å². The van der Waals surface area contributed by atoms with Gasteiger partial charge in [-0.15, -0.1) is 0 Å². The molecule has 4 heterocycles. The number of nitrogens with zero attached hydrogens (tertiary/aromatic N) is 7. The Morgan fingerprint density at radius 1 is 0.957 bits per heavy atom. The molecule has 2 aromatic carbocycles. The van der Waals surface area contributed by atoms with E-state index in [2.05, 4.69) is 30.5 Å². The maximum atomic E-state index is 13.0. The zero-order valence-corrected chi connectivity index (χ0v) is 25.8. The van der Waals surface area contributed by atoms with Gasteiger partial charge in [-0.1, -0.05) is 24.3 Å². The maximum absolute atomic E-state index is 13.0. The molecule has 10 nitrogen and oxygen atoms in total. The maximum Gasteiger partial charge on any atom is 0.387 e. The number of alkyl halides is 2. The number of aliphatic hydroxyl groups excluding tert-OH is 1. The number of para-hydroxylation sites is 1. The molecule has 1 aliphatic heterocycles. The average Bonchev–Trinajstić information content (AvgIpc) is 3.67. The Hall–Kier alpha value is -4.13. The van der Waals surface area contributed by atoms with Crippen molar-refractivity contribution in [3.63, 3.8) is 0 Å². The Morgan fingerprint density at radius 2 is 1.74 bits per heavy atom. The van der Waals surface area contributed by atoms with Gasteiger partial charge in [0.15, 0.2) is 5.65 Å². The van der Waals surface area contributed by atoms with E-state index in [1.54, 1.807) is 18.2 Å². The molecule has 2 fully saturated rings. The van der Waals surface area contributed by atoms with E-state index < -0.39 is 6.61 Å². The summed E-state index contributed by atoms with van der Waals surface area (Å²) in [7, 11) is 0. The first kappa shape index (κ1) is 30.5. The number of halogens is 2. The second kappa shape index (κ2) is 13.3. The number of rotatable bonds is 10. The van der Waals surface area contributed by atoms with Crippen LogP contribution in [0, 0.1) is 0 Å². The van der Waals surface area contributed by atoms with Crippen LogP contribution in [0.4, 0.5) is 14.6 Å². The second-order valence-electron chi connectivity index (χ2n) is 12.4. The van der Waals surface area contributed by atoms with Crippen molar-refractivity contribution < 1.29 is 18.6 Å². The van der Waals surface area contributed by atoms with Gasteiger partial charge in [-0.05, 0) is 56.4 Å². The Labute approximate surface area is 266 Å². The van der Waals surface area contributed by atoms with Crippen molar-refractivity contribution in [1.82, 2.24) is 34.1 Å². The molecule has 0 unspecified atom stereocenters. The number of nitrogen functional groups attached to an aromatic ring is 1. The minimum absolute atomic E-state index is 0.175. The van der Waals surface area contributed by atoms with Crippen molar-refractivity contribution in [3.05, 3.63) is 66.6 Å². The molecular formula is C34H40F2N8O2. The Kier molecular flexibility index (Phi) is 8.83. The second-order valence-corrected chi connectivity index (χ2v) is 12.4. The van der Waals surface area contributed by atoms with Crippen molar-refractivity contribution in [2.45, 2.75) is 57.3 Å². The third-order valence-electron chi connectivity index (χ3n) is 9.66. The lowest BCUT2D eigenvalue weighted by Crippen LogP contribution is -2.51. The quantitative estimate of drug-likeness (QED) is 0.218. The van der Waals surface area contributed by atoms with E-state index >= 15 is 0 Å². The molecule has 242 valence electrons. The van der Waals surface area contributed by atoms with E-state index in [4.69, 9.17) is 20.7 Å². The summed E-state index contributed by atoms with van der Waals surface area (Å²) in [6.45, 7) is 3.05. The van der Waals surface area contributed by atoms with Gasteiger partial charge in [0.05, 0.1) is 18.0 Å². The minimum atomic E-state index is -2.88. The molecule has 0 amide bonds. The number of piperazine rings is 1. The number of nitrogens with two attached hydrogens (primary N) is 1. The normalized spacial score (nSPS) is 19.8. The molecule has 0 radical (unpaired) electrons. The van der Waals surface area contributed by atoms with E-state index in [1.165, 1.54) is 6.33 Å². The summed E-state index contributed by atoms with van der Waals surface area (Å²) in [4.78, 5) is 14.1. The summed E-state index contributed by atoms with van der Waals surface area (Å²) in [6, 6.07) is 15.8. The van der Waals surface area contributed by atoms with Crippen LogP contribution in [0.1, 0.15) is 43.7 Å². The molecule has 1 aliphatic carbocycles. The first-order valence-electron chi connectivity index (χ1n) is 16.2. The number of ether oxygens (including phenoxy) is 1. The standard InChI is InChI=1S/C34H40F2N8O2/c35-34(36)46-29-5-2-1-4-25(29)21-43-14-12-23-20-24(6-11-28(23)43)31-30-32(37)38-22-39-33(30)44(40-31)27-9-7-26(8-10-27)42-17-15-41(16-18-42)13-3-19-45/h1-2,4-6,11-12,14,20,22,26-27,34,45H,3,7-10,13,15-19,21H2,(H2,37,38,39)/t26-,27+. The SMILES string of the molecule is Nc1ncnc2c1c(-c1ccc3c(ccn3Cc3ccccc3OC(F)F)c1)nn2[C@H]1CC[C@@H](N2CCN(CCCO)CC2)CC1. The van der Waals surface area contributed by atoms with Gasteiger partial charge in [0, 0.05) is 73.6 Å². The highest BCUT2D eigenvalue weighted by atomic mass is 19.3. The summed E-state index contributed by atoms with van der Waals surface area (Å²) in [5.41, 5.74) is 10.5. The van der Waals surface area contributed by atoms with Gasteiger partial charge >= 0.3 is 6.61 Å². The number of benzene rings is 2. The topological polar surface area (TPSA) is 110 Å². The number of hydrogen-bond donors (Lipinski definition) is 2. The molecule has 0 atom stereocenters. The first-order chi connectivity index (χ1) is 22.5. The van der Waals surface area contributed by atoms with Crippen LogP contribution >= 0.6 is 0 Å². The number of aromatic nitrogens is 5. The third-order valence-corrected chi connectivity index (χ3v) is 9.66. The number of aliphatic hydroxyl groups is 1. The van der Waals surface area contributed by atoms with E-state index in [0.29, 0.717) is 24.0 Å². The van der Waals surface area contributed by atoms with Gasteiger partial charge in [-0.25, -0.2) is 14.6 Å². The molecule has 0 spiro atoms. The van der Waals surface area contributed by atoms with Crippen LogP contribution < -0.4 is 10.5 Å². The molecule has 3 N–H and O–H groups in total. The summed E-state index contributed by atoms with van der Waals surface area (Å²) >= 11 is 0. The van der Waals surface area contributed by atoms with E-state index in [0.717, 1.165) is 98.0 Å². The Morgan fingerprint density at radius 3 is 2.52 bits per heavy atom. The van der Waals surface area contributed by atoms with E-state index in [-0.39, 0.29) is 18.4 Å². The highest BCUT2D eigenvalue weighted by molar-refractivity contribution is 6.00. The summed E-state index contributed by atoms with van der Waals surface area (Å²) in [5.74, 6) is 0.585. The van der Waals surface area contributed by atoms with Crippen molar-refractivity contribution in [3.8, 4) is 17.0 Å². The number of fused-ring (bicyclic) bond motifs is 2. The lowest BCUT2D eigenvalue weighted by molar-refractivity contribution is -0.0504. The van der Waals surface area contributed by atoms with Gasteiger partial charge in [-0.2, -0.15) is 13.9 Å². The average molecular weight is 631 g/mol. The molecule has 3 aromatic heterocycles. The predicted molar refractivity (Wildman–Crippen MR) is 174 cm³/mol. The smallest absolute Gasteiger partial charge is 0.387 e. The molecule has 1 saturated carbocycles. The van der Waals surface area contributed by atoms with Crippen molar-refractivity contribution >= 4 is 27.8 Å². The highest BCUT2D eigenvalue weighted by Crippen LogP contribution is 2.38. The van der Waals surface area contributed by atoms with Crippen LogP contribution in [0.3, 0.4) is 0 Å². The van der Waals surface area contributed by atoms with E-state index in [9.17, 15) is 8.78 Å². The molecule has 0 bridgehead atoms. The first-order valence-corrected chi connectivity index (χ1v) is 16.2. The summed E-state index contributed by atoms with van der Waals surface area (Å²) in [6.07, 6.45) is 8.58. The number of anilines is 1. The van der Waals surface area contributed by atoms with Crippen LogP contribution in [0.25, 0.3) is 33.2 Å². The van der Waals surface area contributed by atoms with E-state index in [1.807, 2.05) is 35.0 Å². The molecular weight excluding hydrogens is 590 g/mol. The fourth-order valence-corrected chi connectivity index (χ4v) is 7.28. The molecule has 46 heavy (non-hydrogen) atoms. The lowest BCUT2D eigenvalue weighted by atomic mass is 9.90. The molecule has 12 heteroatoms. The van der Waals surface area contributed by atoms with Crippen molar-refractivity contribution in [2.24, 2.45) is 0 Å². The Bertz CT molecular complexity index is 1790. The predicted octanol–water partition coefficient (Wildman–Crippen LogP) is 5.16. The van der Waals surface area contributed by atoms with Crippen molar-refractivity contribution in [2.75, 3.05) is 45.1 Å². The zero-order valence-electron chi connectivity index (χ0n) is 25.8. The van der Waals surface area contributed by atoms with Gasteiger partial charge in [-0.3, -0.25) is 4.90 Å². The largest absolute Gasteiger partial charge is 0.434 e. The highest BCUT2D eigenvalue weighted by Gasteiger charge is 2.31. The third kappa shape index (κ3) is 6.16. The van der Waals surface area contributed by atoms with Gasteiger partial charge in [0.25, 0.3) is 0 Å². The van der Waals surface area contributed by atoms with Crippen LogP contribution in [0.2, 0.25) is 0 Å². The fraction of sp³-hybridized carbons (Fsp3) is 0.441. The summed E-state index contributed by atoms with van der Waals surface area (Å²) in [5, 5.41) is 16.1. The van der Waals surface area contributed by atoms with Crippen LogP contribution in [0.5, 0.6) is 5.75 Å². The Balaban J connectivity index is 1.10. The molecule has 5 aromatic rings. The molecule has 7 rings (SSSR count). The fourth-order valence-electron chi connectivity index (χ4n) is 7.28. The van der Waals surface area contributed by atoms with Crippen LogP contribution in [-0.2, 0) is 6.54 Å². The van der Waals surface area contributed by atoms with Crippen LogP contribution in [0.15, 0.2) is 61.1 Å². The lowest BCUT2D eigenvalue weighted by Gasteiger charge is -2.42. The van der Waals surface area contributed by atoms with Crippen LogP contribution in [-0.4, -0.2) is 91.2 Å². The minimum Gasteiger partial charge on any atom is -0.434 e. The van der Waals surface area contributed by atoms with Gasteiger partial charge < -0.3 is 25.0 Å². The monoisotopic (exact) mass is 630 g/mol. The van der Waals surface area contributed by atoms with Gasteiger partial charge in [0.2, 0.25) is 0 Å². The van der Waals surface area contributed by atoms with Gasteiger partial charge in [0.1, 0.15) is 23.6 Å². The molecule has 1 saturated heterocycles. The zero-order chi connectivity index (χ0) is 31.6. The number of hydrogen-bond acceptors (Lipinski definition) is 8. The summed E-state index contributed by atoms with van der Waals surface area (Å²) < 4.78 is 34.8.